The Balaban J connectivity index is 1.57. The fourth-order valence-electron chi connectivity index (χ4n) is 2.75. The van der Waals surface area contributed by atoms with Crippen molar-refractivity contribution in [3.05, 3.63) is 88.6 Å². The number of amides is 1. The number of carbonyl (C=O) groups excluding carboxylic acids is 1. The van der Waals surface area contributed by atoms with Gasteiger partial charge in [-0.05, 0) is 55.0 Å². The smallest absolute Gasteiger partial charge is 0.262 e. The van der Waals surface area contributed by atoms with Crippen molar-refractivity contribution in [2.24, 2.45) is 0 Å². The molecular weight excluding hydrogens is 487 g/mol. The Morgan fingerprint density at radius 2 is 1.74 bits per heavy atom. The third-order valence-corrected chi connectivity index (χ3v) is 6.39. The summed E-state index contributed by atoms with van der Waals surface area (Å²) in [5, 5.41) is 2.41. The van der Waals surface area contributed by atoms with Crippen LogP contribution in [0.25, 0.3) is 0 Å². The van der Waals surface area contributed by atoms with Crippen molar-refractivity contribution >= 4 is 37.5 Å². The topological polar surface area (TPSA) is 84.5 Å². The molecule has 1 unspecified atom stereocenters. The maximum absolute atomic E-state index is 13.8. The van der Waals surface area contributed by atoms with Crippen molar-refractivity contribution in [3.63, 3.8) is 0 Å². The molecule has 3 aromatic carbocycles. The summed E-state index contributed by atoms with van der Waals surface area (Å²) in [5.41, 5.74) is 0.885. The van der Waals surface area contributed by atoms with Crippen LogP contribution in [0.15, 0.2) is 82.2 Å². The first-order valence-electron chi connectivity index (χ1n) is 9.29. The summed E-state index contributed by atoms with van der Waals surface area (Å²) in [5.74, 6) is -0.813. The van der Waals surface area contributed by atoms with E-state index in [-0.39, 0.29) is 17.2 Å². The predicted molar refractivity (Wildman–Crippen MR) is 120 cm³/mol. The maximum Gasteiger partial charge on any atom is 0.262 e. The van der Waals surface area contributed by atoms with Crippen LogP contribution < -0.4 is 14.8 Å². The number of halogens is 2. The van der Waals surface area contributed by atoms with E-state index in [0.717, 1.165) is 5.56 Å². The lowest BCUT2D eigenvalue weighted by molar-refractivity contribution is -0.118. The molecule has 0 bridgehead atoms. The molecule has 3 aromatic rings. The Hall–Kier alpha value is -2.75. The minimum atomic E-state index is -3.74. The van der Waals surface area contributed by atoms with Gasteiger partial charge in [0.2, 0.25) is 10.0 Å². The van der Waals surface area contributed by atoms with E-state index < -0.39 is 27.8 Å². The second-order valence-electron chi connectivity index (χ2n) is 6.69. The normalized spacial score (nSPS) is 12.2. The van der Waals surface area contributed by atoms with Crippen LogP contribution in [0.2, 0.25) is 0 Å². The highest BCUT2D eigenvalue weighted by Crippen LogP contribution is 2.21. The van der Waals surface area contributed by atoms with E-state index >= 15 is 0 Å². The number of benzene rings is 3. The summed E-state index contributed by atoms with van der Waals surface area (Å²) in [6.45, 7) is 1.40. The van der Waals surface area contributed by atoms with Crippen LogP contribution in [-0.2, 0) is 14.8 Å². The molecule has 9 heteroatoms. The average molecular weight is 507 g/mol. The summed E-state index contributed by atoms with van der Waals surface area (Å²) in [6, 6.07) is 18.8. The minimum absolute atomic E-state index is 0.0388. The Morgan fingerprint density at radius 1 is 1.06 bits per heavy atom. The van der Waals surface area contributed by atoms with Crippen LogP contribution in [-0.4, -0.2) is 20.9 Å². The zero-order chi connectivity index (χ0) is 22.4. The Kier molecular flexibility index (Phi) is 7.42. The number of ether oxygens (including phenoxy) is 1. The van der Waals surface area contributed by atoms with E-state index in [2.05, 4.69) is 26.0 Å². The summed E-state index contributed by atoms with van der Waals surface area (Å²) >= 11 is 3.14. The third-order valence-electron chi connectivity index (χ3n) is 4.34. The van der Waals surface area contributed by atoms with E-state index in [1.54, 1.807) is 13.0 Å². The summed E-state index contributed by atoms with van der Waals surface area (Å²) in [6.07, 6.45) is 0. The standard InChI is InChI=1S/C22H20BrFN2O4S/c1-15(16-5-3-2-4-6-16)26-31(28,29)19-10-8-18(9-11-19)30-14-22(27)25-21-12-7-17(23)13-20(21)24/h2-13,15,26H,14H2,1H3,(H,25,27). The zero-order valence-electron chi connectivity index (χ0n) is 16.5. The third kappa shape index (κ3) is 6.36. The van der Waals surface area contributed by atoms with Gasteiger partial charge in [0, 0.05) is 10.5 Å². The van der Waals surface area contributed by atoms with Crippen molar-refractivity contribution < 1.29 is 22.3 Å². The number of carbonyl (C=O) groups is 1. The highest BCUT2D eigenvalue weighted by Gasteiger charge is 2.18. The molecule has 162 valence electrons. The fourth-order valence-corrected chi connectivity index (χ4v) is 4.32. The zero-order valence-corrected chi connectivity index (χ0v) is 18.9. The van der Waals surface area contributed by atoms with Gasteiger partial charge in [0.25, 0.3) is 5.91 Å². The molecule has 0 saturated heterocycles. The number of anilines is 1. The van der Waals surface area contributed by atoms with Gasteiger partial charge in [-0.1, -0.05) is 46.3 Å². The largest absolute Gasteiger partial charge is 0.484 e. The molecule has 0 heterocycles. The Morgan fingerprint density at radius 3 is 2.39 bits per heavy atom. The number of nitrogens with one attached hydrogen (secondary N) is 2. The van der Waals surface area contributed by atoms with E-state index in [4.69, 9.17) is 4.74 Å². The highest BCUT2D eigenvalue weighted by atomic mass is 79.9. The molecular formula is C22H20BrFN2O4S. The van der Waals surface area contributed by atoms with Crippen molar-refractivity contribution in [2.45, 2.75) is 17.9 Å². The van der Waals surface area contributed by atoms with Gasteiger partial charge < -0.3 is 10.1 Å². The van der Waals surface area contributed by atoms with Gasteiger partial charge in [-0.25, -0.2) is 17.5 Å². The predicted octanol–water partition coefficient (Wildman–Crippen LogP) is 4.65. The molecule has 0 spiro atoms. The molecule has 1 atom stereocenters. The van der Waals surface area contributed by atoms with Gasteiger partial charge in [-0.3, -0.25) is 4.79 Å². The monoisotopic (exact) mass is 506 g/mol. The quantitative estimate of drug-likeness (QED) is 0.465. The van der Waals surface area contributed by atoms with E-state index in [0.29, 0.717) is 10.2 Å². The lowest BCUT2D eigenvalue weighted by Gasteiger charge is -2.15. The fraction of sp³-hybridized carbons (Fsp3) is 0.136. The molecule has 0 aliphatic rings. The van der Waals surface area contributed by atoms with Crippen LogP contribution in [0, 0.1) is 5.82 Å². The SMILES string of the molecule is CC(NS(=O)(=O)c1ccc(OCC(=O)Nc2ccc(Br)cc2F)cc1)c1ccccc1. The lowest BCUT2D eigenvalue weighted by atomic mass is 10.1. The summed E-state index contributed by atoms with van der Waals surface area (Å²) in [7, 11) is -3.74. The molecule has 0 saturated carbocycles. The van der Waals surface area contributed by atoms with Crippen LogP contribution in [0.3, 0.4) is 0 Å². The Bertz CT molecular complexity index is 1160. The van der Waals surface area contributed by atoms with E-state index in [1.165, 1.54) is 36.4 Å². The van der Waals surface area contributed by atoms with Crippen LogP contribution >= 0.6 is 15.9 Å². The maximum atomic E-state index is 13.8. The number of hydrogen-bond acceptors (Lipinski definition) is 4. The van der Waals surface area contributed by atoms with Gasteiger partial charge in [0.15, 0.2) is 6.61 Å². The van der Waals surface area contributed by atoms with Crippen LogP contribution in [0.4, 0.5) is 10.1 Å². The van der Waals surface area contributed by atoms with Crippen LogP contribution in [0.5, 0.6) is 5.75 Å². The van der Waals surface area contributed by atoms with Crippen molar-refractivity contribution in [2.75, 3.05) is 11.9 Å². The summed E-state index contributed by atoms with van der Waals surface area (Å²) < 4.78 is 47.5. The molecule has 0 aromatic heterocycles. The molecule has 1 amide bonds. The molecule has 31 heavy (non-hydrogen) atoms. The van der Waals surface area contributed by atoms with E-state index in [1.807, 2.05) is 30.3 Å². The van der Waals surface area contributed by atoms with Gasteiger partial charge >= 0.3 is 0 Å². The summed E-state index contributed by atoms with van der Waals surface area (Å²) in [4.78, 5) is 12.1. The van der Waals surface area contributed by atoms with Gasteiger partial charge in [0.05, 0.1) is 10.6 Å². The molecule has 6 nitrogen and oxygen atoms in total. The van der Waals surface area contributed by atoms with Gasteiger partial charge in [-0.15, -0.1) is 0 Å². The molecule has 0 aliphatic heterocycles. The van der Waals surface area contributed by atoms with Gasteiger partial charge in [0.1, 0.15) is 11.6 Å². The van der Waals surface area contributed by atoms with Gasteiger partial charge in [-0.2, -0.15) is 0 Å². The molecule has 0 radical (unpaired) electrons. The lowest BCUT2D eigenvalue weighted by Crippen LogP contribution is -2.26. The second kappa shape index (κ2) is 10.0. The Labute approximate surface area is 188 Å². The number of sulfonamides is 1. The highest BCUT2D eigenvalue weighted by molar-refractivity contribution is 9.10. The average Bonchev–Trinajstić information content (AvgIpc) is 2.75. The van der Waals surface area contributed by atoms with Crippen LogP contribution in [0.1, 0.15) is 18.5 Å². The van der Waals surface area contributed by atoms with Crippen molar-refractivity contribution in [3.8, 4) is 5.75 Å². The van der Waals surface area contributed by atoms with Crippen molar-refractivity contribution in [1.29, 1.82) is 0 Å². The first-order chi connectivity index (χ1) is 14.7. The van der Waals surface area contributed by atoms with E-state index in [9.17, 15) is 17.6 Å². The first kappa shape index (κ1) is 22.9. The first-order valence-corrected chi connectivity index (χ1v) is 11.6. The van der Waals surface area contributed by atoms with Crippen molar-refractivity contribution in [1.82, 2.24) is 4.72 Å². The molecule has 2 N–H and O–H groups in total. The molecule has 3 rings (SSSR count). The minimum Gasteiger partial charge on any atom is -0.484 e. The molecule has 0 aliphatic carbocycles. The molecule has 0 fully saturated rings. The number of rotatable bonds is 8. The second-order valence-corrected chi connectivity index (χ2v) is 9.32. The number of hydrogen-bond donors (Lipinski definition) is 2.